The number of rotatable bonds is 8. The van der Waals surface area contributed by atoms with Crippen molar-refractivity contribution in [2.24, 2.45) is 0 Å². The zero-order valence-corrected chi connectivity index (χ0v) is 17.8. The fourth-order valence-corrected chi connectivity index (χ4v) is 4.01. The molecule has 2 atom stereocenters. The standard InChI is InChI=1S/C21H36N4O3/c1-22(2)11-12-28-20-6-5-17(13-21(20)27-4)14-24-15-18(19(26)16-24)25-9-7-23(3)8-10-25/h5-6,13,18-19,26H,7-12,14-16H2,1-4H3/t18-,19-/m0/s1. The van der Waals surface area contributed by atoms with Crippen LogP contribution in [0.4, 0.5) is 0 Å². The summed E-state index contributed by atoms with van der Waals surface area (Å²) in [5.74, 6) is 1.55. The Kier molecular flexibility index (Phi) is 7.54. The van der Waals surface area contributed by atoms with Crippen LogP contribution in [0.2, 0.25) is 0 Å². The fraction of sp³-hybridized carbons (Fsp3) is 0.714. The summed E-state index contributed by atoms with van der Waals surface area (Å²) in [5, 5.41) is 10.6. The number of likely N-dealkylation sites (N-methyl/N-ethyl adjacent to an activating group) is 2. The Morgan fingerprint density at radius 1 is 1.11 bits per heavy atom. The molecule has 0 bridgehead atoms. The lowest BCUT2D eigenvalue weighted by molar-refractivity contribution is 0.0512. The highest BCUT2D eigenvalue weighted by molar-refractivity contribution is 5.43. The molecule has 1 N–H and O–H groups in total. The van der Waals surface area contributed by atoms with Crippen LogP contribution in [-0.4, -0.2) is 118 Å². The number of aliphatic hydroxyl groups is 1. The van der Waals surface area contributed by atoms with Crippen LogP contribution >= 0.6 is 0 Å². The van der Waals surface area contributed by atoms with Gasteiger partial charge in [-0.25, -0.2) is 0 Å². The Bertz CT molecular complexity index is 620. The van der Waals surface area contributed by atoms with Gasteiger partial charge >= 0.3 is 0 Å². The summed E-state index contributed by atoms with van der Waals surface area (Å²) in [4.78, 5) is 9.24. The van der Waals surface area contributed by atoms with Crippen molar-refractivity contribution in [3.05, 3.63) is 23.8 Å². The van der Waals surface area contributed by atoms with Gasteiger partial charge in [0.05, 0.1) is 13.2 Å². The van der Waals surface area contributed by atoms with Crippen molar-refractivity contribution in [2.75, 3.05) is 80.7 Å². The van der Waals surface area contributed by atoms with Crippen LogP contribution in [-0.2, 0) is 6.54 Å². The van der Waals surface area contributed by atoms with E-state index in [1.165, 1.54) is 5.56 Å². The number of benzene rings is 1. The van der Waals surface area contributed by atoms with Gasteiger partial charge in [-0.15, -0.1) is 0 Å². The smallest absolute Gasteiger partial charge is 0.161 e. The predicted octanol–water partition coefficient (Wildman–Crippen LogP) is 0.428. The van der Waals surface area contributed by atoms with Gasteiger partial charge in [0.1, 0.15) is 6.61 Å². The number of aliphatic hydroxyl groups excluding tert-OH is 1. The summed E-state index contributed by atoms with van der Waals surface area (Å²) < 4.78 is 11.4. The Hall–Kier alpha value is -1.38. The molecule has 2 fully saturated rings. The number of piperazine rings is 1. The highest BCUT2D eigenvalue weighted by Gasteiger charge is 2.36. The lowest BCUT2D eigenvalue weighted by Crippen LogP contribution is -2.52. The quantitative estimate of drug-likeness (QED) is 0.688. The molecular weight excluding hydrogens is 356 g/mol. The first kappa shape index (κ1) is 21.3. The average Bonchev–Trinajstić information content (AvgIpc) is 3.03. The van der Waals surface area contributed by atoms with E-state index in [0.29, 0.717) is 6.61 Å². The summed E-state index contributed by atoms with van der Waals surface area (Å²) in [6.45, 7) is 8.19. The van der Waals surface area contributed by atoms with Crippen molar-refractivity contribution in [3.8, 4) is 11.5 Å². The van der Waals surface area contributed by atoms with Gasteiger partial charge in [-0.3, -0.25) is 9.80 Å². The van der Waals surface area contributed by atoms with Crippen molar-refractivity contribution in [1.29, 1.82) is 0 Å². The fourth-order valence-electron chi connectivity index (χ4n) is 4.01. The van der Waals surface area contributed by atoms with Gasteiger partial charge in [-0.05, 0) is 38.8 Å². The largest absolute Gasteiger partial charge is 0.493 e. The summed E-state index contributed by atoms with van der Waals surface area (Å²) in [6.07, 6.45) is -0.279. The summed E-state index contributed by atoms with van der Waals surface area (Å²) in [6, 6.07) is 6.39. The van der Waals surface area contributed by atoms with Crippen molar-refractivity contribution in [2.45, 2.75) is 18.7 Å². The Morgan fingerprint density at radius 2 is 1.86 bits per heavy atom. The minimum atomic E-state index is -0.279. The average molecular weight is 393 g/mol. The van der Waals surface area contributed by atoms with Crippen LogP contribution in [0, 0.1) is 0 Å². The number of β-amino-alcohol motifs (C(OH)–C–C–N with tert-alkyl or cyclic N) is 1. The van der Waals surface area contributed by atoms with Crippen molar-refractivity contribution < 1.29 is 14.6 Å². The number of hydrogen-bond donors (Lipinski definition) is 1. The minimum absolute atomic E-state index is 0.240. The molecule has 2 heterocycles. The molecule has 0 spiro atoms. The first-order chi connectivity index (χ1) is 13.5. The highest BCUT2D eigenvalue weighted by Crippen LogP contribution is 2.29. The van der Waals surface area contributed by atoms with E-state index in [9.17, 15) is 5.11 Å². The van der Waals surface area contributed by atoms with Gasteiger partial charge < -0.3 is 24.4 Å². The normalized spacial score (nSPS) is 24.8. The second kappa shape index (κ2) is 9.89. The zero-order chi connectivity index (χ0) is 20.1. The van der Waals surface area contributed by atoms with Gasteiger partial charge in [-0.1, -0.05) is 6.07 Å². The molecule has 158 valence electrons. The van der Waals surface area contributed by atoms with Crippen molar-refractivity contribution >= 4 is 0 Å². The molecule has 3 rings (SSSR count). The SMILES string of the molecule is COc1cc(CN2C[C@H](O)[C@@H](N3CCN(C)CC3)C2)ccc1OCCN(C)C. The van der Waals surface area contributed by atoms with E-state index < -0.39 is 0 Å². The monoisotopic (exact) mass is 392 g/mol. The molecule has 1 aromatic carbocycles. The molecule has 7 heteroatoms. The maximum absolute atomic E-state index is 10.6. The van der Waals surface area contributed by atoms with Crippen LogP contribution in [0.25, 0.3) is 0 Å². The lowest BCUT2D eigenvalue weighted by Gasteiger charge is -2.37. The predicted molar refractivity (Wildman–Crippen MR) is 111 cm³/mol. The van der Waals surface area contributed by atoms with Gasteiger partial charge in [0, 0.05) is 58.4 Å². The topological polar surface area (TPSA) is 51.7 Å². The molecule has 0 radical (unpaired) electrons. The summed E-state index contributed by atoms with van der Waals surface area (Å²) in [5.41, 5.74) is 1.18. The molecule has 0 unspecified atom stereocenters. The minimum Gasteiger partial charge on any atom is -0.493 e. The lowest BCUT2D eigenvalue weighted by atomic mass is 10.1. The van der Waals surface area contributed by atoms with E-state index in [4.69, 9.17) is 9.47 Å². The van der Waals surface area contributed by atoms with E-state index in [1.54, 1.807) is 7.11 Å². The van der Waals surface area contributed by atoms with E-state index in [0.717, 1.165) is 63.9 Å². The number of hydrogen-bond acceptors (Lipinski definition) is 7. The van der Waals surface area contributed by atoms with E-state index in [-0.39, 0.29) is 12.1 Å². The van der Waals surface area contributed by atoms with Crippen molar-refractivity contribution in [3.63, 3.8) is 0 Å². The highest BCUT2D eigenvalue weighted by atomic mass is 16.5. The van der Waals surface area contributed by atoms with Gasteiger partial charge in [0.2, 0.25) is 0 Å². The molecule has 0 aliphatic carbocycles. The Labute approximate surface area is 169 Å². The summed E-state index contributed by atoms with van der Waals surface area (Å²) in [7, 11) is 7.91. The van der Waals surface area contributed by atoms with Crippen LogP contribution in [0.3, 0.4) is 0 Å². The molecule has 0 aromatic heterocycles. The molecule has 2 aliphatic rings. The summed E-state index contributed by atoms with van der Waals surface area (Å²) >= 11 is 0. The van der Waals surface area contributed by atoms with E-state index in [2.05, 4.69) is 38.8 Å². The molecule has 28 heavy (non-hydrogen) atoms. The second-order valence-electron chi connectivity index (χ2n) is 8.30. The first-order valence-electron chi connectivity index (χ1n) is 10.2. The first-order valence-corrected chi connectivity index (χ1v) is 10.2. The third-order valence-electron chi connectivity index (χ3n) is 5.77. The van der Waals surface area contributed by atoms with Crippen LogP contribution in [0.15, 0.2) is 18.2 Å². The number of methoxy groups -OCH3 is 1. The number of ether oxygens (including phenoxy) is 2. The van der Waals surface area contributed by atoms with E-state index >= 15 is 0 Å². The van der Waals surface area contributed by atoms with Gasteiger partial charge in [0.25, 0.3) is 0 Å². The molecular formula is C21H36N4O3. The molecule has 0 amide bonds. The van der Waals surface area contributed by atoms with Crippen LogP contribution in [0.1, 0.15) is 5.56 Å². The number of likely N-dealkylation sites (tertiary alicyclic amines) is 1. The van der Waals surface area contributed by atoms with Crippen LogP contribution in [0.5, 0.6) is 11.5 Å². The third-order valence-corrected chi connectivity index (χ3v) is 5.77. The molecule has 2 saturated heterocycles. The second-order valence-corrected chi connectivity index (χ2v) is 8.30. The van der Waals surface area contributed by atoms with Crippen LogP contribution < -0.4 is 9.47 Å². The maximum atomic E-state index is 10.6. The molecule has 0 saturated carbocycles. The van der Waals surface area contributed by atoms with Gasteiger partial charge in [-0.2, -0.15) is 0 Å². The van der Waals surface area contributed by atoms with Gasteiger partial charge in [0.15, 0.2) is 11.5 Å². The maximum Gasteiger partial charge on any atom is 0.161 e. The van der Waals surface area contributed by atoms with Crippen molar-refractivity contribution in [1.82, 2.24) is 19.6 Å². The number of nitrogens with zero attached hydrogens (tertiary/aromatic N) is 4. The van der Waals surface area contributed by atoms with E-state index in [1.807, 2.05) is 20.2 Å². The Morgan fingerprint density at radius 3 is 2.54 bits per heavy atom. The molecule has 7 nitrogen and oxygen atoms in total. The zero-order valence-electron chi connectivity index (χ0n) is 17.8. The Balaban J connectivity index is 1.56. The molecule has 2 aliphatic heterocycles. The molecule has 1 aromatic rings. The third kappa shape index (κ3) is 5.58.